The molecule has 2 rings (SSSR count). The molecule has 0 fully saturated rings. The van der Waals surface area contributed by atoms with Gasteiger partial charge in [-0.2, -0.15) is 0 Å². The summed E-state index contributed by atoms with van der Waals surface area (Å²) in [5.74, 6) is -0.288. The van der Waals surface area contributed by atoms with Crippen LogP contribution in [0, 0.1) is 12.7 Å². The third-order valence-electron chi connectivity index (χ3n) is 3.01. The molecule has 1 N–H and O–H groups in total. The predicted molar refractivity (Wildman–Crippen MR) is 81.6 cm³/mol. The van der Waals surface area contributed by atoms with Crippen molar-refractivity contribution in [2.75, 3.05) is 0 Å². The zero-order valence-electron chi connectivity index (χ0n) is 10.3. The second-order valence-electron chi connectivity index (χ2n) is 4.43. The molecule has 100 valence electrons. The van der Waals surface area contributed by atoms with Gasteiger partial charge in [0.15, 0.2) is 0 Å². The minimum Gasteiger partial charge on any atom is -0.388 e. The van der Waals surface area contributed by atoms with Gasteiger partial charge in [0.1, 0.15) is 5.82 Å². The van der Waals surface area contributed by atoms with Gasteiger partial charge in [0.25, 0.3) is 0 Å². The van der Waals surface area contributed by atoms with E-state index < -0.39 is 6.10 Å². The Morgan fingerprint density at radius 1 is 1.16 bits per heavy atom. The van der Waals surface area contributed by atoms with Gasteiger partial charge in [0.05, 0.1) is 6.10 Å². The van der Waals surface area contributed by atoms with Gasteiger partial charge in [0, 0.05) is 15.4 Å². The standard InChI is InChI=1S/C15H13Br2FO/c1-9-6-13(17)11(8-12(9)16)15(19)7-10-4-2-3-5-14(10)18/h2-6,8,15,19H,7H2,1H3. The van der Waals surface area contributed by atoms with E-state index in [1.54, 1.807) is 18.2 Å². The molecule has 0 aromatic heterocycles. The fourth-order valence-electron chi connectivity index (χ4n) is 1.90. The highest BCUT2D eigenvalue weighted by molar-refractivity contribution is 9.11. The van der Waals surface area contributed by atoms with Crippen molar-refractivity contribution in [2.45, 2.75) is 19.4 Å². The van der Waals surface area contributed by atoms with E-state index >= 15 is 0 Å². The predicted octanol–water partition coefficient (Wildman–Crippen LogP) is 4.94. The molecule has 1 nitrogen and oxygen atoms in total. The van der Waals surface area contributed by atoms with Crippen LogP contribution >= 0.6 is 31.9 Å². The van der Waals surface area contributed by atoms with Gasteiger partial charge in [-0.25, -0.2) is 4.39 Å². The topological polar surface area (TPSA) is 20.2 Å². The van der Waals surface area contributed by atoms with Crippen molar-refractivity contribution < 1.29 is 9.50 Å². The van der Waals surface area contributed by atoms with E-state index in [1.165, 1.54) is 6.07 Å². The maximum Gasteiger partial charge on any atom is 0.126 e. The highest BCUT2D eigenvalue weighted by Gasteiger charge is 2.15. The smallest absolute Gasteiger partial charge is 0.126 e. The van der Waals surface area contributed by atoms with Crippen LogP contribution in [0.1, 0.15) is 22.8 Å². The van der Waals surface area contributed by atoms with E-state index in [2.05, 4.69) is 31.9 Å². The van der Waals surface area contributed by atoms with Gasteiger partial charge in [0.2, 0.25) is 0 Å². The first-order valence-electron chi connectivity index (χ1n) is 5.86. The van der Waals surface area contributed by atoms with Crippen LogP contribution in [0.15, 0.2) is 45.3 Å². The summed E-state index contributed by atoms with van der Waals surface area (Å²) >= 11 is 6.88. The van der Waals surface area contributed by atoms with Gasteiger partial charge in [-0.3, -0.25) is 0 Å². The minimum atomic E-state index is -0.747. The first-order valence-corrected chi connectivity index (χ1v) is 7.44. The molecule has 0 aliphatic rings. The van der Waals surface area contributed by atoms with Gasteiger partial charge >= 0.3 is 0 Å². The summed E-state index contributed by atoms with van der Waals surface area (Å²) < 4.78 is 15.3. The number of halogens is 3. The lowest BCUT2D eigenvalue weighted by Gasteiger charge is -2.15. The van der Waals surface area contributed by atoms with E-state index in [4.69, 9.17) is 0 Å². The van der Waals surface area contributed by atoms with Crippen molar-refractivity contribution in [1.82, 2.24) is 0 Å². The Morgan fingerprint density at radius 3 is 2.53 bits per heavy atom. The van der Waals surface area contributed by atoms with Crippen LogP contribution in [0.4, 0.5) is 4.39 Å². The van der Waals surface area contributed by atoms with Crippen molar-refractivity contribution in [2.24, 2.45) is 0 Å². The monoisotopic (exact) mass is 386 g/mol. The Kier molecular flexibility index (Phi) is 4.76. The molecular weight excluding hydrogens is 375 g/mol. The maximum absolute atomic E-state index is 13.6. The molecule has 0 saturated heterocycles. The normalized spacial score (nSPS) is 12.5. The van der Waals surface area contributed by atoms with Crippen LogP contribution in [0.3, 0.4) is 0 Å². The van der Waals surface area contributed by atoms with Crippen LogP contribution in [0.25, 0.3) is 0 Å². The Hall–Kier alpha value is -0.710. The quantitative estimate of drug-likeness (QED) is 0.791. The largest absolute Gasteiger partial charge is 0.388 e. The van der Waals surface area contributed by atoms with Crippen molar-refractivity contribution in [3.63, 3.8) is 0 Å². The van der Waals surface area contributed by atoms with E-state index in [0.29, 0.717) is 5.56 Å². The number of aliphatic hydroxyl groups excluding tert-OH is 1. The Morgan fingerprint density at radius 2 is 1.84 bits per heavy atom. The summed E-state index contributed by atoms with van der Waals surface area (Å²) in [6, 6.07) is 10.3. The summed E-state index contributed by atoms with van der Waals surface area (Å²) in [5.41, 5.74) is 2.34. The minimum absolute atomic E-state index is 0.251. The Labute approximate surface area is 128 Å². The molecule has 0 aliphatic heterocycles. The zero-order valence-corrected chi connectivity index (χ0v) is 13.5. The molecule has 2 aromatic carbocycles. The lowest BCUT2D eigenvalue weighted by Crippen LogP contribution is -2.05. The van der Waals surface area contributed by atoms with Gasteiger partial charge in [-0.05, 0) is 41.8 Å². The average Bonchev–Trinajstić information content (AvgIpc) is 2.36. The first-order chi connectivity index (χ1) is 8.99. The van der Waals surface area contributed by atoms with E-state index in [0.717, 1.165) is 20.1 Å². The number of hydrogen-bond donors (Lipinski definition) is 1. The Balaban J connectivity index is 2.28. The second-order valence-corrected chi connectivity index (χ2v) is 6.14. The molecule has 0 bridgehead atoms. The lowest BCUT2D eigenvalue weighted by atomic mass is 10.0. The number of rotatable bonds is 3. The van der Waals surface area contributed by atoms with Crippen molar-refractivity contribution >= 4 is 31.9 Å². The molecule has 0 aliphatic carbocycles. The summed E-state index contributed by atoms with van der Waals surface area (Å²) in [4.78, 5) is 0. The van der Waals surface area contributed by atoms with Gasteiger partial charge < -0.3 is 5.11 Å². The second kappa shape index (κ2) is 6.16. The molecule has 2 aromatic rings. The number of hydrogen-bond acceptors (Lipinski definition) is 1. The van der Waals surface area contributed by atoms with E-state index in [-0.39, 0.29) is 12.2 Å². The summed E-state index contributed by atoms with van der Waals surface area (Å²) in [6.07, 6.45) is -0.496. The maximum atomic E-state index is 13.6. The summed E-state index contributed by atoms with van der Waals surface area (Å²) in [5, 5.41) is 10.3. The fraction of sp³-hybridized carbons (Fsp3) is 0.200. The average molecular weight is 388 g/mol. The third-order valence-corrected chi connectivity index (χ3v) is 4.55. The molecule has 0 radical (unpaired) electrons. The molecule has 4 heteroatoms. The van der Waals surface area contributed by atoms with Crippen LogP contribution in [0.5, 0.6) is 0 Å². The SMILES string of the molecule is Cc1cc(Br)c(C(O)Cc2ccccc2F)cc1Br. The highest BCUT2D eigenvalue weighted by Crippen LogP contribution is 2.31. The van der Waals surface area contributed by atoms with Crippen LogP contribution in [0.2, 0.25) is 0 Å². The molecule has 1 unspecified atom stereocenters. The first kappa shape index (κ1) is 14.7. The number of aliphatic hydroxyl groups is 1. The van der Waals surface area contributed by atoms with Crippen molar-refractivity contribution in [1.29, 1.82) is 0 Å². The van der Waals surface area contributed by atoms with Crippen LogP contribution < -0.4 is 0 Å². The molecule has 0 heterocycles. The summed E-state index contributed by atoms with van der Waals surface area (Å²) in [7, 11) is 0. The third kappa shape index (κ3) is 3.44. The molecule has 0 spiro atoms. The van der Waals surface area contributed by atoms with Gasteiger partial charge in [-0.1, -0.05) is 50.1 Å². The molecule has 1 atom stereocenters. The fourth-order valence-corrected chi connectivity index (χ4v) is 2.98. The zero-order chi connectivity index (χ0) is 14.0. The van der Waals surface area contributed by atoms with Crippen LogP contribution in [-0.2, 0) is 6.42 Å². The Bertz CT molecular complexity index is 599. The highest BCUT2D eigenvalue weighted by atomic mass is 79.9. The van der Waals surface area contributed by atoms with Crippen LogP contribution in [-0.4, -0.2) is 5.11 Å². The van der Waals surface area contributed by atoms with Crippen molar-refractivity contribution in [3.8, 4) is 0 Å². The molecule has 0 amide bonds. The lowest BCUT2D eigenvalue weighted by molar-refractivity contribution is 0.176. The summed E-state index contributed by atoms with van der Waals surface area (Å²) in [6.45, 7) is 1.97. The van der Waals surface area contributed by atoms with E-state index in [1.807, 2.05) is 19.1 Å². The number of aryl methyl sites for hydroxylation is 1. The van der Waals surface area contributed by atoms with E-state index in [9.17, 15) is 9.50 Å². The van der Waals surface area contributed by atoms with Crippen molar-refractivity contribution in [3.05, 3.63) is 67.9 Å². The molecular formula is C15H13Br2FO. The van der Waals surface area contributed by atoms with Gasteiger partial charge in [-0.15, -0.1) is 0 Å². The molecule has 0 saturated carbocycles. The number of benzene rings is 2. The molecule has 19 heavy (non-hydrogen) atoms.